The number of amides is 1. The van der Waals surface area contributed by atoms with Gasteiger partial charge in [0.15, 0.2) is 10.8 Å². The molecule has 7 nitrogen and oxygen atoms in total. The van der Waals surface area contributed by atoms with E-state index >= 15 is 0 Å². The monoisotopic (exact) mass is 462 g/mol. The number of halogens is 1. The normalized spacial score (nSPS) is 11.2. The highest BCUT2D eigenvalue weighted by Gasteiger charge is 2.12. The standard InChI is InChI=1S/C24H19FN4O3S/c25-16-10-8-15(9-11-16)23-28-22(32-29-23)7-3-6-21(30)26-14-17-12-13-19(31-17)24-27-18-4-1-2-5-20(18)33-24/h1-2,4-5,8-13H,3,6-7,14H2,(H,26,30). The summed E-state index contributed by atoms with van der Waals surface area (Å²) in [5.74, 6) is 1.78. The van der Waals surface area contributed by atoms with E-state index in [4.69, 9.17) is 8.94 Å². The first-order valence-electron chi connectivity index (χ1n) is 10.4. The highest BCUT2D eigenvalue weighted by atomic mass is 32.1. The lowest BCUT2D eigenvalue weighted by Crippen LogP contribution is -2.22. The summed E-state index contributed by atoms with van der Waals surface area (Å²) in [4.78, 5) is 21.1. The topological polar surface area (TPSA) is 94.0 Å². The van der Waals surface area contributed by atoms with Crippen molar-refractivity contribution < 1.29 is 18.1 Å². The van der Waals surface area contributed by atoms with Gasteiger partial charge in [-0.1, -0.05) is 17.3 Å². The van der Waals surface area contributed by atoms with Crippen molar-refractivity contribution in [1.82, 2.24) is 20.4 Å². The molecule has 3 aromatic heterocycles. The van der Waals surface area contributed by atoms with Crippen molar-refractivity contribution in [3.05, 3.63) is 78.1 Å². The third-order valence-corrected chi connectivity index (χ3v) is 6.04. The van der Waals surface area contributed by atoms with Gasteiger partial charge in [-0.3, -0.25) is 4.79 Å². The van der Waals surface area contributed by atoms with Crippen molar-refractivity contribution >= 4 is 27.5 Å². The second-order valence-corrected chi connectivity index (χ2v) is 8.43. The molecule has 2 aromatic carbocycles. The fourth-order valence-corrected chi connectivity index (χ4v) is 4.24. The Hall–Kier alpha value is -3.85. The predicted octanol–water partition coefficient (Wildman–Crippen LogP) is 5.38. The molecule has 9 heteroatoms. The molecule has 5 rings (SSSR count). The Morgan fingerprint density at radius 3 is 2.73 bits per heavy atom. The average molecular weight is 463 g/mol. The van der Waals surface area contributed by atoms with Gasteiger partial charge in [-0.15, -0.1) is 11.3 Å². The molecule has 0 radical (unpaired) electrons. The highest BCUT2D eigenvalue weighted by molar-refractivity contribution is 7.21. The van der Waals surface area contributed by atoms with Crippen LogP contribution in [0.3, 0.4) is 0 Å². The van der Waals surface area contributed by atoms with Crippen LogP contribution in [0.25, 0.3) is 32.4 Å². The molecule has 0 fully saturated rings. The zero-order chi connectivity index (χ0) is 22.6. The Balaban J connectivity index is 1.09. The molecule has 166 valence electrons. The number of carbonyl (C=O) groups excluding carboxylic acids is 1. The van der Waals surface area contributed by atoms with E-state index in [1.165, 1.54) is 12.1 Å². The first-order chi connectivity index (χ1) is 16.1. The number of benzene rings is 2. The van der Waals surface area contributed by atoms with Crippen LogP contribution < -0.4 is 5.32 Å². The summed E-state index contributed by atoms with van der Waals surface area (Å²) in [6.45, 7) is 0.305. The number of hydrogen-bond acceptors (Lipinski definition) is 7. The molecule has 5 aromatic rings. The average Bonchev–Trinajstić information content (AvgIpc) is 3.57. The van der Waals surface area contributed by atoms with Crippen LogP contribution in [0.1, 0.15) is 24.5 Å². The van der Waals surface area contributed by atoms with E-state index in [1.807, 2.05) is 36.4 Å². The number of fused-ring (bicyclic) bond motifs is 1. The minimum Gasteiger partial charge on any atom is -0.457 e. The van der Waals surface area contributed by atoms with Crippen LogP contribution in [0.4, 0.5) is 4.39 Å². The molecule has 0 aliphatic heterocycles. The number of para-hydroxylation sites is 1. The van der Waals surface area contributed by atoms with Crippen molar-refractivity contribution in [1.29, 1.82) is 0 Å². The summed E-state index contributed by atoms with van der Waals surface area (Å²) < 4.78 is 25.2. The molecule has 0 aliphatic carbocycles. The summed E-state index contributed by atoms with van der Waals surface area (Å²) >= 11 is 1.57. The van der Waals surface area contributed by atoms with Crippen LogP contribution in [0.2, 0.25) is 0 Å². The summed E-state index contributed by atoms with van der Waals surface area (Å²) in [7, 11) is 0. The summed E-state index contributed by atoms with van der Waals surface area (Å²) in [5, 5.41) is 7.58. The molecule has 0 saturated carbocycles. The van der Waals surface area contributed by atoms with Gasteiger partial charge < -0.3 is 14.3 Å². The molecule has 1 amide bonds. The second-order valence-electron chi connectivity index (χ2n) is 7.40. The van der Waals surface area contributed by atoms with Gasteiger partial charge in [0.05, 0.1) is 16.8 Å². The number of aryl methyl sites for hydroxylation is 1. The third-order valence-electron chi connectivity index (χ3n) is 4.99. The lowest BCUT2D eigenvalue weighted by molar-refractivity contribution is -0.121. The van der Waals surface area contributed by atoms with Crippen molar-refractivity contribution in [3.8, 4) is 22.2 Å². The fourth-order valence-electron chi connectivity index (χ4n) is 3.31. The quantitative estimate of drug-likeness (QED) is 0.333. The molecule has 0 spiro atoms. The van der Waals surface area contributed by atoms with Gasteiger partial charge in [0.25, 0.3) is 0 Å². The summed E-state index contributed by atoms with van der Waals surface area (Å²) in [6, 6.07) is 17.5. The Morgan fingerprint density at radius 1 is 1.03 bits per heavy atom. The van der Waals surface area contributed by atoms with Crippen molar-refractivity contribution in [3.63, 3.8) is 0 Å². The largest absolute Gasteiger partial charge is 0.457 e. The maximum absolute atomic E-state index is 13.0. The lowest BCUT2D eigenvalue weighted by atomic mass is 10.2. The fraction of sp³-hybridized carbons (Fsp3) is 0.167. The number of nitrogens with one attached hydrogen (secondary N) is 1. The smallest absolute Gasteiger partial charge is 0.226 e. The van der Waals surface area contributed by atoms with E-state index in [0.717, 1.165) is 15.2 Å². The highest BCUT2D eigenvalue weighted by Crippen LogP contribution is 2.31. The number of hydrogen-bond donors (Lipinski definition) is 1. The number of thiazole rings is 1. The van der Waals surface area contributed by atoms with E-state index in [1.54, 1.807) is 23.5 Å². The molecule has 0 atom stereocenters. The molecule has 0 unspecified atom stereocenters. The molecule has 0 bridgehead atoms. The van der Waals surface area contributed by atoms with E-state index < -0.39 is 0 Å². The Labute approximate surface area is 192 Å². The predicted molar refractivity (Wildman–Crippen MR) is 122 cm³/mol. The first kappa shape index (κ1) is 21.0. The molecule has 0 aliphatic rings. The van der Waals surface area contributed by atoms with Crippen molar-refractivity contribution in [2.45, 2.75) is 25.8 Å². The molecule has 33 heavy (non-hydrogen) atoms. The maximum Gasteiger partial charge on any atom is 0.226 e. The Morgan fingerprint density at radius 2 is 1.88 bits per heavy atom. The number of furan rings is 1. The Kier molecular flexibility index (Phi) is 5.95. The number of rotatable bonds is 8. The molecule has 0 saturated heterocycles. The van der Waals surface area contributed by atoms with E-state index in [2.05, 4.69) is 20.4 Å². The van der Waals surface area contributed by atoms with Gasteiger partial charge in [0.1, 0.15) is 11.6 Å². The van der Waals surface area contributed by atoms with Crippen LogP contribution in [-0.2, 0) is 17.8 Å². The van der Waals surface area contributed by atoms with Crippen molar-refractivity contribution in [2.75, 3.05) is 0 Å². The first-order valence-corrected chi connectivity index (χ1v) is 11.3. The van der Waals surface area contributed by atoms with Gasteiger partial charge in [-0.25, -0.2) is 9.37 Å². The summed E-state index contributed by atoms with van der Waals surface area (Å²) in [5.41, 5.74) is 1.61. The van der Waals surface area contributed by atoms with E-state index in [0.29, 0.717) is 54.6 Å². The van der Waals surface area contributed by atoms with Crippen LogP contribution >= 0.6 is 11.3 Å². The zero-order valence-corrected chi connectivity index (χ0v) is 18.3. The number of carbonyl (C=O) groups is 1. The van der Waals surface area contributed by atoms with Gasteiger partial charge in [-0.05, 0) is 55.0 Å². The maximum atomic E-state index is 13.0. The van der Waals surface area contributed by atoms with Gasteiger partial charge in [0, 0.05) is 18.4 Å². The van der Waals surface area contributed by atoms with E-state index in [-0.39, 0.29) is 11.7 Å². The number of nitrogens with zero attached hydrogens (tertiary/aromatic N) is 3. The van der Waals surface area contributed by atoms with Gasteiger partial charge >= 0.3 is 0 Å². The Bertz CT molecular complexity index is 1360. The molecular formula is C24H19FN4O3S. The minimum absolute atomic E-state index is 0.0915. The third kappa shape index (κ3) is 4.98. The van der Waals surface area contributed by atoms with Crippen LogP contribution in [-0.4, -0.2) is 21.0 Å². The van der Waals surface area contributed by atoms with Gasteiger partial charge in [0.2, 0.25) is 17.6 Å². The van der Waals surface area contributed by atoms with Gasteiger partial charge in [-0.2, -0.15) is 4.98 Å². The van der Waals surface area contributed by atoms with Crippen LogP contribution in [0, 0.1) is 5.82 Å². The van der Waals surface area contributed by atoms with E-state index in [9.17, 15) is 9.18 Å². The zero-order valence-electron chi connectivity index (χ0n) is 17.5. The summed E-state index contributed by atoms with van der Waals surface area (Å²) in [6.07, 6.45) is 1.36. The lowest BCUT2D eigenvalue weighted by Gasteiger charge is -2.02. The number of aromatic nitrogens is 3. The molecule has 1 N–H and O–H groups in total. The van der Waals surface area contributed by atoms with Crippen LogP contribution in [0.5, 0.6) is 0 Å². The SMILES string of the molecule is O=C(CCCc1nc(-c2ccc(F)cc2)no1)NCc1ccc(-c2nc3ccccc3s2)o1. The molecular weight excluding hydrogens is 443 g/mol. The minimum atomic E-state index is -0.323. The molecule has 3 heterocycles. The van der Waals surface area contributed by atoms with Crippen molar-refractivity contribution in [2.24, 2.45) is 0 Å². The second kappa shape index (κ2) is 9.33. The van der Waals surface area contributed by atoms with Crippen LogP contribution in [0.15, 0.2) is 69.6 Å².